The van der Waals surface area contributed by atoms with Gasteiger partial charge in [-0.25, -0.2) is 4.98 Å². The molecule has 0 aliphatic carbocycles. The minimum Gasteiger partial charge on any atom is -0.398 e. The Morgan fingerprint density at radius 3 is 2.79 bits per heavy atom. The predicted octanol–water partition coefficient (Wildman–Crippen LogP) is 3.78. The summed E-state index contributed by atoms with van der Waals surface area (Å²) in [5, 5.41) is 0.714. The van der Waals surface area contributed by atoms with Crippen molar-refractivity contribution in [1.29, 1.82) is 0 Å². The average molecular weight is 272 g/mol. The Balaban J connectivity index is 2.31. The fraction of sp³-hybridized carbons (Fsp3) is 0.133. The summed E-state index contributed by atoms with van der Waals surface area (Å²) < 4.78 is 2.04. The summed E-state index contributed by atoms with van der Waals surface area (Å²) in [6.07, 6.45) is 0. The van der Waals surface area contributed by atoms with Crippen LogP contribution in [0.1, 0.15) is 5.56 Å². The topological polar surface area (TPSA) is 43.8 Å². The molecule has 96 valence electrons. The highest BCUT2D eigenvalue weighted by Crippen LogP contribution is 2.29. The molecular formula is C15H14ClN3. The smallest absolute Gasteiger partial charge is 0.141 e. The second-order valence-electron chi connectivity index (χ2n) is 4.65. The standard InChI is InChI=1S/C15H14ClN3/c1-9-11(4-3-5-12(9)17)15-18-13-7-6-10(16)8-14(13)19(15)2/h3-8H,17H2,1-2H3. The molecule has 3 rings (SSSR count). The second kappa shape index (κ2) is 4.28. The number of hydrogen-bond acceptors (Lipinski definition) is 2. The van der Waals surface area contributed by atoms with Gasteiger partial charge in [-0.3, -0.25) is 0 Å². The van der Waals surface area contributed by atoms with E-state index in [9.17, 15) is 0 Å². The molecule has 0 fully saturated rings. The highest BCUT2D eigenvalue weighted by atomic mass is 35.5. The largest absolute Gasteiger partial charge is 0.398 e. The Kier molecular flexibility index (Phi) is 2.72. The van der Waals surface area contributed by atoms with Crippen LogP contribution in [0.15, 0.2) is 36.4 Å². The minimum absolute atomic E-state index is 0.714. The predicted molar refractivity (Wildman–Crippen MR) is 80.3 cm³/mol. The van der Waals surface area contributed by atoms with Crippen molar-refractivity contribution in [3.63, 3.8) is 0 Å². The number of nitrogens with two attached hydrogens (primary N) is 1. The van der Waals surface area contributed by atoms with Crippen LogP contribution in [0.2, 0.25) is 5.02 Å². The molecule has 19 heavy (non-hydrogen) atoms. The number of halogens is 1. The third-order valence-corrected chi connectivity index (χ3v) is 3.69. The molecule has 1 heterocycles. The average Bonchev–Trinajstić information content (AvgIpc) is 2.70. The fourth-order valence-corrected chi connectivity index (χ4v) is 2.47. The number of rotatable bonds is 1. The first-order valence-corrected chi connectivity index (χ1v) is 6.43. The van der Waals surface area contributed by atoms with Crippen LogP contribution in [-0.2, 0) is 7.05 Å². The summed E-state index contributed by atoms with van der Waals surface area (Å²) in [5.41, 5.74) is 10.8. The molecule has 3 nitrogen and oxygen atoms in total. The van der Waals surface area contributed by atoms with Gasteiger partial charge in [0, 0.05) is 23.3 Å². The lowest BCUT2D eigenvalue weighted by Gasteiger charge is -2.08. The molecule has 3 aromatic rings. The van der Waals surface area contributed by atoms with Crippen molar-refractivity contribution < 1.29 is 0 Å². The minimum atomic E-state index is 0.714. The molecule has 2 aromatic carbocycles. The van der Waals surface area contributed by atoms with Gasteiger partial charge in [-0.05, 0) is 36.8 Å². The monoisotopic (exact) mass is 271 g/mol. The number of imidazole rings is 1. The van der Waals surface area contributed by atoms with Crippen molar-refractivity contribution in [3.05, 3.63) is 47.0 Å². The highest BCUT2D eigenvalue weighted by Gasteiger charge is 2.12. The molecule has 0 atom stereocenters. The van der Waals surface area contributed by atoms with Crippen LogP contribution in [0.4, 0.5) is 5.69 Å². The lowest BCUT2D eigenvalue weighted by Crippen LogP contribution is -1.97. The normalized spacial score (nSPS) is 11.1. The zero-order valence-corrected chi connectivity index (χ0v) is 11.6. The third-order valence-electron chi connectivity index (χ3n) is 3.46. The summed E-state index contributed by atoms with van der Waals surface area (Å²) in [4.78, 5) is 4.67. The van der Waals surface area contributed by atoms with E-state index in [2.05, 4.69) is 4.98 Å². The van der Waals surface area contributed by atoms with E-state index in [4.69, 9.17) is 17.3 Å². The fourth-order valence-electron chi connectivity index (χ4n) is 2.30. The summed E-state index contributed by atoms with van der Waals surface area (Å²) in [5.74, 6) is 0.905. The lowest BCUT2D eigenvalue weighted by atomic mass is 10.1. The van der Waals surface area contributed by atoms with Crippen LogP contribution >= 0.6 is 11.6 Å². The zero-order valence-electron chi connectivity index (χ0n) is 10.8. The van der Waals surface area contributed by atoms with Crippen molar-refractivity contribution >= 4 is 28.3 Å². The van der Waals surface area contributed by atoms with Crippen molar-refractivity contribution in [3.8, 4) is 11.4 Å². The molecule has 0 radical (unpaired) electrons. The molecule has 4 heteroatoms. The van der Waals surface area contributed by atoms with E-state index < -0.39 is 0 Å². The maximum atomic E-state index is 6.04. The summed E-state index contributed by atoms with van der Waals surface area (Å²) in [6, 6.07) is 11.6. The first-order valence-electron chi connectivity index (χ1n) is 6.05. The number of hydrogen-bond donors (Lipinski definition) is 1. The molecule has 0 saturated heterocycles. The van der Waals surface area contributed by atoms with Gasteiger partial charge in [0.15, 0.2) is 0 Å². The Morgan fingerprint density at radius 2 is 2.00 bits per heavy atom. The quantitative estimate of drug-likeness (QED) is 0.685. The Labute approximate surface area is 116 Å². The van der Waals surface area contributed by atoms with E-state index in [1.807, 2.05) is 54.9 Å². The number of fused-ring (bicyclic) bond motifs is 1. The van der Waals surface area contributed by atoms with Gasteiger partial charge < -0.3 is 10.3 Å². The van der Waals surface area contributed by atoms with Gasteiger partial charge in [-0.15, -0.1) is 0 Å². The number of anilines is 1. The van der Waals surface area contributed by atoms with E-state index in [-0.39, 0.29) is 0 Å². The molecule has 0 amide bonds. The molecule has 2 N–H and O–H groups in total. The Bertz CT molecular complexity index is 774. The lowest BCUT2D eigenvalue weighted by molar-refractivity contribution is 0.957. The number of nitrogen functional groups attached to an aromatic ring is 1. The van der Waals surface area contributed by atoms with Gasteiger partial charge in [-0.2, -0.15) is 0 Å². The van der Waals surface area contributed by atoms with Crippen LogP contribution in [0, 0.1) is 6.92 Å². The molecular weight excluding hydrogens is 258 g/mol. The summed E-state index contributed by atoms with van der Waals surface area (Å²) in [6.45, 7) is 2.01. The molecule has 0 bridgehead atoms. The molecule has 0 aliphatic rings. The van der Waals surface area contributed by atoms with Crippen molar-refractivity contribution in [2.24, 2.45) is 7.05 Å². The SMILES string of the molecule is Cc1c(N)cccc1-c1nc2ccc(Cl)cc2n1C. The summed E-state index contributed by atoms with van der Waals surface area (Å²) >= 11 is 6.04. The van der Waals surface area contributed by atoms with Crippen LogP contribution in [0.5, 0.6) is 0 Å². The van der Waals surface area contributed by atoms with Crippen LogP contribution in [-0.4, -0.2) is 9.55 Å². The highest BCUT2D eigenvalue weighted by molar-refractivity contribution is 6.31. The first-order chi connectivity index (χ1) is 9.08. The summed E-state index contributed by atoms with van der Waals surface area (Å²) in [7, 11) is 1.99. The number of nitrogens with zero attached hydrogens (tertiary/aromatic N) is 2. The van der Waals surface area contributed by atoms with Gasteiger partial charge in [0.25, 0.3) is 0 Å². The van der Waals surface area contributed by atoms with Crippen LogP contribution < -0.4 is 5.73 Å². The van der Waals surface area contributed by atoms with Gasteiger partial charge >= 0.3 is 0 Å². The third kappa shape index (κ3) is 1.87. The van der Waals surface area contributed by atoms with Gasteiger partial charge in [0.1, 0.15) is 5.82 Å². The van der Waals surface area contributed by atoms with Gasteiger partial charge in [0.2, 0.25) is 0 Å². The number of aryl methyl sites for hydroxylation is 1. The number of aromatic nitrogens is 2. The van der Waals surface area contributed by atoms with E-state index in [0.29, 0.717) is 5.02 Å². The second-order valence-corrected chi connectivity index (χ2v) is 5.08. The van der Waals surface area contributed by atoms with Gasteiger partial charge in [0.05, 0.1) is 11.0 Å². The Morgan fingerprint density at radius 1 is 1.21 bits per heavy atom. The van der Waals surface area contributed by atoms with Gasteiger partial charge in [-0.1, -0.05) is 23.7 Å². The van der Waals surface area contributed by atoms with Crippen molar-refractivity contribution in [1.82, 2.24) is 9.55 Å². The maximum Gasteiger partial charge on any atom is 0.141 e. The van der Waals surface area contributed by atoms with E-state index in [1.54, 1.807) is 0 Å². The molecule has 1 aromatic heterocycles. The first kappa shape index (κ1) is 12.1. The van der Waals surface area contributed by atoms with E-state index >= 15 is 0 Å². The number of benzene rings is 2. The zero-order chi connectivity index (χ0) is 13.6. The molecule has 0 unspecified atom stereocenters. The Hall–Kier alpha value is -2.00. The molecule has 0 saturated carbocycles. The van der Waals surface area contributed by atoms with E-state index in [0.717, 1.165) is 33.7 Å². The van der Waals surface area contributed by atoms with E-state index in [1.165, 1.54) is 0 Å². The molecule has 0 spiro atoms. The van der Waals surface area contributed by atoms with Crippen molar-refractivity contribution in [2.45, 2.75) is 6.92 Å². The maximum absolute atomic E-state index is 6.04. The van der Waals surface area contributed by atoms with Crippen LogP contribution in [0.3, 0.4) is 0 Å². The van der Waals surface area contributed by atoms with Crippen LogP contribution in [0.25, 0.3) is 22.4 Å². The van der Waals surface area contributed by atoms with Crippen molar-refractivity contribution in [2.75, 3.05) is 5.73 Å². The molecule has 0 aliphatic heterocycles.